The van der Waals surface area contributed by atoms with Crippen LogP contribution in [0.2, 0.25) is 0 Å². The van der Waals surface area contributed by atoms with Gasteiger partial charge in [-0.3, -0.25) is 9.89 Å². The van der Waals surface area contributed by atoms with E-state index in [1.54, 1.807) is 18.2 Å². The van der Waals surface area contributed by atoms with Gasteiger partial charge in [-0.2, -0.15) is 5.10 Å². The molecule has 0 unspecified atom stereocenters. The standard InChI is InChI=1S/C15H19N3O3/c1-9-7-12-13(10(2)21-9)16-17-14(12)15(19)18(3)8-11-5-4-6-20-11/h4-6,9-10H,7-8H2,1-3H3,(H,16,17)/t9-,10+/m1/s1. The largest absolute Gasteiger partial charge is 0.467 e. The van der Waals surface area contributed by atoms with Gasteiger partial charge in [0.15, 0.2) is 5.69 Å². The fraction of sp³-hybridized carbons (Fsp3) is 0.467. The predicted molar refractivity (Wildman–Crippen MR) is 75.8 cm³/mol. The summed E-state index contributed by atoms with van der Waals surface area (Å²) >= 11 is 0. The Morgan fingerprint density at radius 1 is 1.52 bits per heavy atom. The van der Waals surface area contributed by atoms with Crippen molar-refractivity contribution in [2.45, 2.75) is 39.0 Å². The highest BCUT2D eigenvalue weighted by molar-refractivity contribution is 5.93. The molecule has 112 valence electrons. The Labute approximate surface area is 123 Å². The summed E-state index contributed by atoms with van der Waals surface area (Å²) in [4.78, 5) is 14.2. The van der Waals surface area contributed by atoms with Gasteiger partial charge >= 0.3 is 0 Å². The summed E-state index contributed by atoms with van der Waals surface area (Å²) < 4.78 is 11.0. The van der Waals surface area contributed by atoms with Crippen molar-refractivity contribution < 1.29 is 13.9 Å². The maximum Gasteiger partial charge on any atom is 0.274 e. The maximum atomic E-state index is 12.6. The first kappa shape index (κ1) is 13.9. The molecule has 0 saturated heterocycles. The van der Waals surface area contributed by atoms with Crippen LogP contribution >= 0.6 is 0 Å². The van der Waals surface area contributed by atoms with Crippen molar-refractivity contribution in [2.24, 2.45) is 0 Å². The number of amides is 1. The Balaban J connectivity index is 1.82. The molecule has 6 heteroatoms. The van der Waals surface area contributed by atoms with Gasteiger partial charge in [0, 0.05) is 19.0 Å². The number of furan rings is 1. The first-order valence-electron chi connectivity index (χ1n) is 7.06. The minimum atomic E-state index is -0.106. The highest BCUT2D eigenvalue weighted by Gasteiger charge is 2.30. The lowest BCUT2D eigenvalue weighted by atomic mass is 9.99. The second-order valence-electron chi connectivity index (χ2n) is 5.50. The molecule has 1 aliphatic rings. The summed E-state index contributed by atoms with van der Waals surface area (Å²) in [7, 11) is 1.75. The van der Waals surface area contributed by atoms with E-state index in [4.69, 9.17) is 9.15 Å². The number of aromatic nitrogens is 2. The number of H-pyrrole nitrogens is 1. The molecule has 0 radical (unpaired) electrons. The minimum absolute atomic E-state index is 0.0619. The number of ether oxygens (including phenoxy) is 1. The number of hydrogen-bond acceptors (Lipinski definition) is 4. The molecular formula is C15H19N3O3. The molecule has 1 amide bonds. The van der Waals surface area contributed by atoms with Gasteiger partial charge < -0.3 is 14.1 Å². The maximum absolute atomic E-state index is 12.6. The number of nitrogens with one attached hydrogen (secondary N) is 1. The van der Waals surface area contributed by atoms with E-state index < -0.39 is 0 Å². The van der Waals surface area contributed by atoms with Crippen LogP contribution in [-0.2, 0) is 17.7 Å². The Morgan fingerprint density at radius 2 is 2.33 bits per heavy atom. The Kier molecular flexibility index (Phi) is 3.55. The first-order valence-corrected chi connectivity index (χ1v) is 7.06. The number of nitrogens with zero attached hydrogens (tertiary/aromatic N) is 2. The van der Waals surface area contributed by atoms with Crippen LogP contribution in [0.4, 0.5) is 0 Å². The van der Waals surface area contributed by atoms with Gasteiger partial charge in [0.2, 0.25) is 0 Å². The molecular weight excluding hydrogens is 270 g/mol. The zero-order valence-corrected chi connectivity index (χ0v) is 12.4. The smallest absolute Gasteiger partial charge is 0.274 e. The fourth-order valence-corrected chi connectivity index (χ4v) is 2.74. The van der Waals surface area contributed by atoms with Crippen LogP contribution in [0, 0.1) is 0 Å². The second-order valence-corrected chi connectivity index (χ2v) is 5.50. The van der Waals surface area contributed by atoms with Crippen molar-refractivity contribution >= 4 is 5.91 Å². The van der Waals surface area contributed by atoms with Gasteiger partial charge in [0.25, 0.3) is 5.91 Å². The number of fused-ring (bicyclic) bond motifs is 1. The average molecular weight is 289 g/mol. The Bertz CT molecular complexity index is 633. The number of aromatic amines is 1. The number of carbonyl (C=O) groups is 1. The topological polar surface area (TPSA) is 71.4 Å². The Hall–Kier alpha value is -2.08. The zero-order chi connectivity index (χ0) is 15.0. The number of carbonyl (C=O) groups excluding carboxylic acids is 1. The molecule has 0 bridgehead atoms. The van der Waals surface area contributed by atoms with Crippen molar-refractivity contribution in [1.82, 2.24) is 15.1 Å². The Morgan fingerprint density at radius 3 is 3.05 bits per heavy atom. The van der Waals surface area contributed by atoms with Crippen LogP contribution in [-0.4, -0.2) is 34.2 Å². The fourth-order valence-electron chi connectivity index (χ4n) is 2.74. The number of hydrogen-bond donors (Lipinski definition) is 1. The van der Waals surface area contributed by atoms with E-state index >= 15 is 0 Å². The molecule has 3 rings (SSSR count). The van der Waals surface area contributed by atoms with E-state index in [1.165, 1.54) is 0 Å². The number of rotatable bonds is 3. The molecule has 0 aromatic carbocycles. The lowest BCUT2D eigenvalue weighted by Gasteiger charge is -2.25. The van der Waals surface area contributed by atoms with Crippen molar-refractivity contribution in [2.75, 3.05) is 7.05 Å². The normalized spacial score (nSPS) is 21.1. The van der Waals surface area contributed by atoms with Crippen LogP contribution in [0.25, 0.3) is 0 Å². The van der Waals surface area contributed by atoms with Crippen molar-refractivity contribution in [1.29, 1.82) is 0 Å². The molecule has 1 N–H and O–H groups in total. The quantitative estimate of drug-likeness (QED) is 0.941. The molecule has 2 atom stereocenters. The van der Waals surface area contributed by atoms with E-state index in [-0.39, 0.29) is 18.1 Å². The molecule has 3 heterocycles. The van der Waals surface area contributed by atoms with Crippen LogP contribution in [0.5, 0.6) is 0 Å². The summed E-state index contributed by atoms with van der Waals surface area (Å²) in [5, 5.41) is 7.15. The highest BCUT2D eigenvalue weighted by Crippen LogP contribution is 2.30. The summed E-state index contributed by atoms with van der Waals surface area (Å²) in [6.45, 7) is 4.40. The van der Waals surface area contributed by atoms with E-state index in [1.807, 2.05) is 26.0 Å². The minimum Gasteiger partial charge on any atom is -0.467 e. The lowest BCUT2D eigenvalue weighted by molar-refractivity contribution is -0.00701. The third kappa shape index (κ3) is 2.58. The van der Waals surface area contributed by atoms with Gasteiger partial charge in [-0.15, -0.1) is 0 Å². The van der Waals surface area contributed by atoms with Gasteiger partial charge in [0.1, 0.15) is 5.76 Å². The summed E-state index contributed by atoms with van der Waals surface area (Å²) in [6, 6.07) is 3.66. The van der Waals surface area contributed by atoms with Crippen LogP contribution < -0.4 is 0 Å². The highest BCUT2D eigenvalue weighted by atomic mass is 16.5. The van der Waals surface area contributed by atoms with Gasteiger partial charge in [-0.05, 0) is 26.0 Å². The van der Waals surface area contributed by atoms with Crippen LogP contribution in [0.1, 0.15) is 47.5 Å². The molecule has 1 aliphatic heterocycles. The zero-order valence-electron chi connectivity index (χ0n) is 12.4. The summed E-state index contributed by atoms with van der Waals surface area (Å²) in [5.41, 5.74) is 2.36. The van der Waals surface area contributed by atoms with Gasteiger partial charge in [-0.1, -0.05) is 0 Å². The van der Waals surface area contributed by atoms with Gasteiger partial charge in [0.05, 0.1) is 30.7 Å². The molecule has 0 fully saturated rings. The monoisotopic (exact) mass is 289 g/mol. The molecule has 21 heavy (non-hydrogen) atoms. The van der Waals surface area contributed by atoms with Crippen molar-refractivity contribution in [3.8, 4) is 0 Å². The third-order valence-corrected chi connectivity index (χ3v) is 3.76. The lowest BCUT2D eigenvalue weighted by Crippen LogP contribution is -2.29. The summed E-state index contributed by atoms with van der Waals surface area (Å²) in [5.74, 6) is 0.644. The third-order valence-electron chi connectivity index (χ3n) is 3.76. The van der Waals surface area contributed by atoms with Crippen molar-refractivity contribution in [3.05, 3.63) is 41.1 Å². The molecule has 0 aliphatic carbocycles. The molecule has 2 aromatic heterocycles. The van der Waals surface area contributed by atoms with E-state index in [0.29, 0.717) is 18.7 Å². The molecule has 2 aromatic rings. The van der Waals surface area contributed by atoms with Crippen molar-refractivity contribution in [3.63, 3.8) is 0 Å². The summed E-state index contributed by atoms with van der Waals surface area (Å²) in [6.07, 6.45) is 2.33. The van der Waals surface area contributed by atoms with Crippen LogP contribution in [0.3, 0.4) is 0 Å². The molecule has 0 spiro atoms. The van der Waals surface area contributed by atoms with Crippen LogP contribution in [0.15, 0.2) is 22.8 Å². The van der Waals surface area contributed by atoms with E-state index in [0.717, 1.165) is 17.0 Å². The van der Waals surface area contributed by atoms with E-state index in [9.17, 15) is 4.79 Å². The molecule has 6 nitrogen and oxygen atoms in total. The van der Waals surface area contributed by atoms with E-state index in [2.05, 4.69) is 10.2 Å². The second kappa shape index (κ2) is 5.37. The van der Waals surface area contributed by atoms with Gasteiger partial charge in [-0.25, -0.2) is 0 Å². The predicted octanol–water partition coefficient (Wildman–Crippen LogP) is 2.30. The molecule has 0 saturated carbocycles. The first-order chi connectivity index (χ1) is 10.1. The average Bonchev–Trinajstić information content (AvgIpc) is 3.07. The SMILES string of the molecule is C[C@@H]1Cc2c(C(=O)N(C)Cc3ccco3)n[nH]c2[C@H](C)O1.